The number of carboxylic acids is 1. The first-order valence-corrected chi connectivity index (χ1v) is 11.5. The average Bonchev–Trinajstić information content (AvgIpc) is 3.37. The van der Waals surface area contributed by atoms with E-state index >= 15 is 0 Å². The number of aromatic amines is 1. The number of benzene rings is 1. The molecule has 1 aromatic heterocycles. The minimum Gasteiger partial charge on any atom is -0.480 e. The maximum absolute atomic E-state index is 13.4. The zero-order valence-electron chi connectivity index (χ0n) is 18.7. The summed E-state index contributed by atoms with van der Waals surface area (Å²) in [6.07, 6.45) is 9.30. The Morgan fingerprint density at radius 2 is 1.68 bits per heavy atom. The molecule has 0 spiro atoms. The van der Waals surface area contributed by atoms with Gasteiger partial charge in [0.2, 0.25) is 5.91 Å². The lowest BCUT2D eigenvalue weighted by molar-refractivity contribution is -0.147. The number of aromatic nitrogens is 1. The average molecular weight is 476 g/mol. The lowest BCUT2D eigenvalue weighted by Crippen LogP contribution is -2.52. The van der Waals surface area contributed by atoms with Crippen LogP contribution in [0.5, 0.6) is 0 Å². The van der Waals surface area contributed by atoms with Crippen LogP contribution >= 0.6 is 0 Å². The quantitative estimate of drug-likeness (QED) is 0.489. The van der Waals surface area contributed by atoms with Crippen molar-refractivity contribution in [3.05, 3.63) is 65.2 Å². The van der Waals surface area contributed by atoms with Crippen molar-refractivity contribution in [2.45, 2.75) is 37.6 Å². The summed E-state index contributed by atoms with van der Waals surface area (Å²) in [4.78, 5) is 31.4. The second-order valence-corrected chi connectivity index (χ2v) is 9.03. The maximum atomic E-state index is 13.4. The molecule has 9 heteroatoms. The molecule has 0 saturated carbocycles. The Labute approximate surface area is 196 Å². The third-order valence-corrected chi connectivity index (χ3v) is 6.99. The zero-order valence-corrected chi connectivity index (χ0v) is 18.7. The highest BCUT2D eigenvalue weighted by molar-refractivity contribution is 5.91. The Morgan fingerprint density at radius 1 is 1.03 bits per heavy atom. The maximum Gasteiger partial charge on any atom is 0.321 e. The van der Waals surface area contributed by atoms with E-state index < -0.39 is 29.5 Å². The number of H-pyrrole nitrogens is 1. The lowest BCUT2D eigenvalue weighted by atomic mass is 9.85. The smallest absolute Gasteiger partial charge is 0.321 e. The number of carbonyl (C=O) groups is 2. The fraction of sp³-hybridized carbons (Fsp3) is 0.440. The van der Waals surface area contributed by atoms with Crippen molar-refractivity contribution in [2.75, 3.05) is 26.2 Å². The molecule has 2 aromatic rings. The number of carboxylic acid groups (broad SMARTS) is 1. The first-order chi connectivity index (χ1) is 16.3. The van der Waals surface area contributed by atoms with Gasteiger partial charge in [-0.2, -0.15) is 0 Å². The van der Waals surface area contributed by atoms with Crippen LogP contribution in [0.1, 0.15) is 42.7 Å². The second kappa shape index (κ2) is 10.5. The molecule has 4 rings (SSSR count). The van der Waals surface area contributed by atoms with Gasteiger partial charge < -0.3 is 15.0 Å². The first kappa shape index (κ1) is 24.1. The number of halogens is 3. The first-order valence-electron chi connectivity index (χ1n) is 11.5. The molecule has 2 aliphatic rings. The largest absolute Gasteiger partial charge is 0.480 e. The van der Waals surface area contributed by atoms with Crippen LogP contribution in [0, 0.1) is 23.4 Å². The highest BCUT2D eigenvalue weighted by Gasteiger charge is 2.38. The third-order valence-electron chi connectivity index (χ3n) is 6.99. The lowest BCUT2D eigenvalue weighted by Gasteiger charge is -2.41. The van der Waals surface area contributed by atoms with Gasteiger partial charge in [-0.25, -0.2) is 13.2 Å². The number of hydrogen-bond acceptors (Lipinski definition) is 3. The number of piperidine rings is 2. The molecule has 0 radical (unpaired) electrons. The van der Waals surface area contributed by atoms with Gasteiger partial charge in [-0.15, -0.1) is 0 Å². The van der Waals surface area contributed by atoms with Crippen molar-refractivity contribution in [1.82, 2.24) is 14.8 Å². The number of hydrogen-bond donors (Lipinski definition) is 2. The Kier molecular flexibility index (Phi) is 7.41. The van der Waals surface area contributed by atoms with Gasteiger partial charge in [0.05, 0.1) is 0 Å². The molecule has 0 aliphatic carbocycles. The number of carbonyl (C=O) groups excluding carboxylic acids is 1. The highest BCUT2D eigenvalue weighted by Crippen LogP contribution is 2.32. The molecule has 2 saturated heterocycles. The van der Waals surface area contributed by atoms with Gasteiger partial charge in [0.25, 0.3) is 0 Å². The molecule has 1 amide bonds. The second-order valence-electron chi connectivity index (χ2n) is 9.03. The fourth-order valence-corrected chi connectivity index (χ4v) is 5.14. The Hall–Kier alpha value is -3.07. The van der Waals surface area contributed by atoms with E-state index in [4.69, 9.17) is 0 Å². The summed E-state index contributed by atoms with van der Waals surface area (Å²) in [6.45, 7) is 2.26. The molecule has 2 N–H and O–H groups in total. The summed E-state index contributed by atoms with van der Waals surface area (Å²) < 4.78 is 39.8. The van der Waals surface area contributed by atoms with Crippen LogP contribution in [-0.2, 0) is 9.59 Å². The van der Waals surface area contributed by atoms with Gasteiger partial charge in [0, 0.05) is 31.6 Å². The molecular formula is C25H28F3N3O3. The summed E-state index contributed by atoms with van der Waals surface area (Å²) in [6, 6.07) is 3.14. The number of nitrogens with zero attached hydrogens (tertiary/aromatic N) is 2. The number of aliphatic carboxylic acids is 1. The predicted octanol–water partition coefficient (Wildman–Crippen LogP) is 4.02. The van der Waals surface area contributed by atoms with Crippen molar-refractivity contribution in [1.29, 1.82) is 0 Å². The SMILES string of the molecule is O=C(O)C(C1CCN(C(=O)C=Cc2cc(F)c(F)c(F)c2)CC1)N1CCC(c2cc[nH]c2)CC1. The predicted molar refractivity (Wildman–Crippen MR) is 120 cm³/mol. The standard InChI is InChI=1S/C25H28F3N3O3/c26-20-13-16(14-21(27)23(20)28)1-2-22(32)30-9-6-18(7-10-30)24(25(33)34)31-11-4-17(5-12-31)19-3-8-29-15-19/h1-3,8,13-15,17-18,24,29H,4-7,9-12H2,(H,33,34). The van der Waals surface area contributed by atoms with Crippen molar-refractivity contribution in [3.8, 4) is 0 Å². The summed E-state index contributed by atoms with van der Waals surface area (Å²) >= 11 is 0. The van der Waals surface area contributed by atoms with E-state index in [0.717, 1.165) is 38.1 Å². The minimum absolute atomic E-state index is 0.0496. The van der Waals surface area contributed by atoms with Gasteiger partial charge >= 0.3 is 5.97 Å². The van der Waals surface area contributed by atoms with Crippen molar-refractivity contribution >= 4 is 18.0 Å². The molecule has 34 heavy (non-hydrogen) atoms. The Balaban J connectivity index is 1.31. The van der Waals surface area contributed by atoms with Gasteiger partial charge in [0.1, 0.15) is 6.04 Å². The number of rotatable bonds is 6. The van der Waals surface area contributed by atoms with Gasteiger partial charge in [-0.3, -0.25) is 14.5 Å². The molecule has 182 valence electrons. The molecular weight excluding hydrogens is 447 g/mol. The summed E-state index contributed by atoms with van der Waals surface area (Å²) in [5, 5.41) is 9.95. The normalized spacial score (nSPS) is 19.6. The number of likely N-dealkylation sites (tertiary alicyclic amines) is 2. The summed E-state index contributed by atoms with van der Waals surface area (Å²) in [5.41, 5.74) is 1.31. The summed E-state index contributed by atoms with van der Waals surface area (Å²) in [5.74, 6) is -4.96. The van der Waals surface area contributed by atoms with Crippen LogP contribution in [0.15, 0.2) is 36.7 Å². The molecule has 0 bridgehead atoms. The molecule has 6 nitrogen and oxygen atoms in total. The van der Waals surface area contributed by atoms with E-state index in [-0.39, 0.29) is 17.4 Å². The Bertz CT molecular complexity index is 1020. The van der Waals surface area contributed by atoms with E-state index in [1.165, 1.54) is 17.7 Å². The minimum atomic E-state index is -1.55. The van der Waals surface area contributed by atoms with Crippen LogP contribution in [0.3, 0.4) is 0 Å². The van der Waals surface area contributed by atoms with Crippen LogP contribution in [0.4, 0.5) is 13.2 Å². The van der Waals surface area contributed by atoms with Crippen LogP contribution in [0.2, 0.25) is 0 Å². The third kappa shape index (κ3) is 5.35. The molecule has 2 fully saturated rings. The van der Waals surface area contributed by atoms with Crippen molar-refractivity contribution in [2.24, 2.45) is 5.92 Å². The molecule has 1 atom stereocenters. The van der Waals surface area contributed by atoms with Crippen LogP contribution in [0.25, 0.3) is 6.08 Å². The van der Waals surface area contributed by atoms with Crippen LogP contribution < -0.4 is 0 Å². The van der Waals surface area contributed by atoms with Crippen molar-refractivity contribution in [3.63, 3.8) is 0 Å². The van der Waals surface area contributed by atoms with Crippen molar-refractivity contribution < 1.29 is 27.9 Å². The van der Waals surface area contributed by atoms with Gasteiger partial charge in [0.15, 0.2) is 17.5 Å². The topological polar surface area (TPSA) is 76.6 Å². The molecule has 3 heterocycles. The van der Waals surface area contributed by atoms with E-state index in [0.29, 0.717) is 31.8 Å². The number of nitrogens with one attached hydrogen (secondary N) is 1. The Morgan fingerprint density at radius 3 is 2.24 bits per heavy atom. The molecule has 1 aromatic carbocycles. The van der Waals surface area contributed by atoms with E-state index in [1.54, 1.807) is 4.90 Å². The van der Waals surface area contributed by atoms with Gasteiger partial charge in [-0.05, 0) is 86.0 Å². The monoisotopic (exact) mass is 475 g/mol. The molecule has 2 aliphatic heterocycles. The fourth-order valence-electron chi connectivity index (χ4n) is 5.14. The zero-order chi connectivity index (χ0) is 24.2. The van der Waals surface area contributed by atoms with E-state index in [9.17, 15) is 27.9 Å². The summed E-state index contributed by atoms with van der Waals surface area (Å²) in [7, 11) is 0. The van der Waals surface area contributed by atoms with Gasteiger partial charge in [-0.1, -0.05) is 0 Å². The van der Waals surface area contributed by atoms with E-state index in [2.05, 4.69) is 16.0 Å². The van der Waals surface area contributed by atoms with E-state index in [1.807, 2.05) is 12.4 Å². The van der Waals surface area contributed by atoms with Crippen LogP contribution in [-0.4, -0.2) is 64.0 Å². The molecule has 1 unspecified atom stereocenters. The highest BCUT2D eigenvalue weighted by atomic mass is 19.2. The number of amides is 1.